The fourth-order valence-electron chi connectivity index (χ4n) is 3.11. The van der Waals surface area contributed by atoms with Gasteiger partial charge in [-0.15, -0.1) is 32.5 Å². The van der Waals surface area contributed by atoms with Crippen molar-refractivity contribution < 1.29 is 18.3 Å². The molecular formula is C16H16Cl2F2N2O2S. The molecule has 3 heterocycles. The maximum absolute atomic E-state index is 13.3. The molecule has 0 spiro atoms. The van der Waals surface area contributed by atoms with Gasteiger partial charge in [-0.1, -0.05) is 17.7 Å². The lowest BCUT2D eigenvalue weighted by Gasteiger charge is -2.34. The Morgan fingerprint density at radius 3 is 2.52 bits per heavy atom. The summed E-state index contributed by atoms with van der Waals surface area (Å²) in [4.78, 5) is 3.39. The van der Waals surface area contributed by atoms with Gasteiger partial charge in [0.1, 0.15) is 0 Å². The second-order valence-corrected chi connectivity index (χ2v) is 7.45. The van der Waals surface area contributed by atoms with Crippen LogP contribution in [0.5, 0.6) is 11.5 Å². The van der Waals surface area contributed by atoms with Crippen molar-refractivity contribution in [1.82, 2.24) is 10.2 Å². The number of nitrogens with zero attached hydrogens (tertiary/aromatic N) is 1. The van der Waals surface area contributed by atoms with Gasteiger partial charge in [0.25, 0.3) is 0 Å². The molecule has 0 unspecified atom stereocenters. The van der Waals surface area contributed by atoms with Gasteiger partial charge >= 0.3 is 6.29 Å². The van der Waals surface area contributed by atoms with E-state index in [0.717, 1.165) is 36.6 Å². The van der Waals surface area contributed by atoms with Crippen LogP contribution in [0.15, 0.2) is 30.3 Å². The molecule has 1 atom stereocenters. The highest BCUT2D eigenvalue weighted by Crippen LogP contribution is 2.44. The van der Waals surface area contributed by atoms with Gasteiger partial charge < -0.3 is 14.8 Å². The summed E-state index contributed by atoms with van der Waals surface area (Å²) in [7, 11) is 0. The van der Waals surface area contributed by atoms with Crippen molar-refractivity contribution in [3.63, 3.8) is 0 Å². The summed E-state index contributed by atoms with van der Waals surface area (Å²) in [5.41, 5.74) is 0.885. The van der Waals surface area contributed by atoms with E-state index in [-0.39, 0.29) is 29.9 Å². The van der Waals surface area contributed by atoms with Gasteiger partial charge in [0.15, 0.2) is 11.5 Å². The molecule has 136 valence electrons. The molecule has 1 fully saturated rings. The van der Waals surface area contributed by atoms with Crippen LogP contribution in [-0.2, 0) is 0 Å². The van der Waals surface area contributed by atoms with Crippen molar-refractivity contribution in [2.75, 3.05) is 26.2 Å². The summed E-state index contributed by atoms with van der Waals surface area (Å²) in [6.45, 7) is 3.51. The van der Waals surface area contributed by atoms with Crippen molar-refractivity contribution in [2.24, 2.45) is 0 Å². The van der Waals surface area contributed by atoms with Gasteiger partial charge in [0, 0.05) is 31.1 Å². The van der Waals surface area contributed by atoms with Gasteiger partial charge in [-0.3, -0.25) is 4.90 Å². The minimum Gasteiger partial charge on any atom is -0.395 e. The predicted octanol–water partition coefficient (Wildman–Crippen LogP) is 4.14. The number of halogens is 4. The van der Waals surface area contributed by atoms with E-state index in [1.807, 2.05) is 18.2 Å². The molecule has 0 aliphatic carbocycles. The summed E-state index contributed by atoms with van der Waals surface area (Å²) in [6, 6.07) is 8.78. The number of alkyl halides is 2. The van der Waals surface area contributed by atoms with E-state index in [4.69, 9.17) is 11.6 Å². The number of fused-ring (bicyclic) bond motifs is 1. The van der Waals surface area contributed by atoms with Gasteiger partial charge in [0.2, 0.25) is 0 Å². The Bertz CT molecular complexity index is 753. The predicted molar refractivity (Wildman–Crippen MR) is 95.5 cm³/mol. The molecule has 2 aliphatic rings. The van der Waals surface area contributed by atoms with Crippen molar-refractivity contribution >= 4 is 35.3 Å². The van der Waals surface area contributed by atoms with Gasteiger partial charge in [-0.2, -0.15) is 0 Å². The standard InChI is InChI=1S/C16H15ClF2N2O2S.ClH/c17-14-4-3-13(24-14)15(21-7-5-20-6-8-21)10-1-2-11-12(9-10)23-16(18,19)22-11;/h1-4,9,15,20H,5-8H2;1H/t15-;/m0./s1. The van der Waals surface area contributed by atoms with Crippen molar-refractivity contribution in [1.29, 1.82) is 0 Å². The summed E-state index contributed by atoms with van der Waals surface area (Å²) >= 11 is 7.61. The summed E-state index contributed by atoms with van der Waals surface area (Å²) in [6.07, 6.45) is -3.60. The first kappa shape index (κ1) is 18.7. The zero-order valence-electron chi connectivity index (χ0n) is 13.0. The van der Waals surface area contributed by atoms with Crippen molar-refractivity contribution in [3.05, 3.63) is 45.1 Å². The minimum atomic E-state index is -3.60. The Hall–Kier alpha value is -1.12. The zero-order valence-corrected chi connectivity index (χ0v) is 15.4. The summed E-state index contributed by atoms with van der Waals surface area (Å²) in [5, 5.41) is 3.32. The molecule has 0 radical (unpaired) electrons. The maximum Gasteiger partial charge on any atom is 0.586 e. The molecule has 0 bridgehead atoms. The highest BCUT2D eigenvalue weighted by Gasteiger charge is 2.43. The van der Waals surface area contributed by atoms with Crippen LogP contribution in [-0.4, -0.2) is 37.4 Å². The highest BCUT2D eigenvalue weighted by atomic mass is 35.5. The molecule has 1 aromatic carbocycles. The van der Waals surface area contributed by atoms with Crippen LogP contribution in [0.2, 0.25) is 4.34 Å². The van der Waals surface area contributed by atoms with E-state index in [0.29, 0.717) is 4.34 Å². The van der Waals surface area contributed by atoms with E-state index in [9.17, 15) is 8.78 Å². The van der Waals surface area contributed by atoms with E-state index in [1.165, 1.54) is 17.4 Å². The molecule has 0 saturated carbocycles. The highest BCUT2D eigenvalue weighted by molar-refractivity contribution is 7.16. The average Bonchev–Trinajstić information content (AvgIpc) is 3.10. The number of hydrogen-bond donors (Lipinski definition) is 1. The lowest BCUT2D eigenvalue weighted by atomic mass is 10.0. The summed E-state index contributed by atoms with van der Waals surface area (Å²) in [5.74, 6) is 0.132. The van der Waals surface area contributed by atoms with Gasteiger partial charge in [-0.05, 0) is 29.8 Å². The molecule has 2 aliphatic heterocycles. The van der Waals surface area contributed by atoms with Crippen LogP contribution >= 0.6 is 35.3 Å². The summed E-state index contributed by atoms with van der Waals surface area (Å²) < 4.78 is 36.3. The smallest absolute Gasteiger partial charge is 0.395 e. The number of ether oxygens (including phenoxy) is 2. The third-order valence-corrected chi connectivity index (χ3v) is 5.40. The van der Waals surface area contributed by atoms with Crippen molar-refractivity contribution in [3.8, 4) is 11.5 Å². The normalized spacial score (nSPS) is 20.1. The molecule has 4 rings (SSSR count). The largest absolute Gasteiger partial charge is 0.586 e. The molecule has 2 aromatic rings. The molecular weight excluding hydrogens is 393 g/mol. The minimum absolute atomic E-state index is 0. The van der Waals surface area contributed by atoms with Crippen LogP contribution in [0.4, 0.5) is 8.78 Å². The Kier molecular flexibility index (Phi) is 5.41. The SMILES string of the molecule is Cl.FC1(F)Oc2ccc([C@@H](c3ccc(Cl)s3)N3CCNCC3)cc2O1. The number of nitrogens with one attached hydrogen (secondary N) is 1. The monoisotopic (exact) mass is 408 g/mol. The van der Waals surface area contributed by atoms with Crippen molar-refractivity contribution in [2.45, 2.75) is 12.3 Å². The third kappa shape index (κ3) is 3.85. The Labute approximate surface area is 159 Å². The lowest BCUT2D eigenvalue weighted by Crippen LogP contribution is -2.45. The fraction of sp³-hybridized carbons (Fsp3) is 0.375. The Morgan fingerprint density at radius 2 is 1.84 bits per heavy atom. The number of hydrogen-bond acceptors (Lipinski definition) is 5. The van der Waals surface area contributed by atoms with E-state index in [1.54, 1.807) is 6.07 Å². The van der Waals surface area contributed by atoms with Crippen LogP contribution in [0.25, 0.3) is 0 Å². The molecule has 1 N–H and O–H groups in total. The molecule has 1 aromatic heterocycles. The first-order chi connectivity index (χ1) is 11.5. The van der Waals surface area contributed by atoms with E-state index < -0.39 is 6.29 Å². The maximum atomic E-state index is 13.3. The molecule has 25 heavy (non-hydrogen) atoms. The van der Waals surface area contributed by atoms with Gasteiger partial charge in [-0.25, -0.2) is 0 Å². The first-order valence-electron chi connectivity index (χ1n) is 7.62. The van der Waals surface area contributed by atoms with Gasteiger partial charge in [0.05, 0.1) is 10.4 Å². The van der Waals surface area contributed by atoms with Crippen LogP contribution in [0.1, 0.15) is 16.5 Å². The molecule has 0 amide bonds. The number of rotatable bonds is 3. The van der Waals surface area contributed by atoms with Crippen LogP contribution in [0.3, 0.4) is 0 Å². The van der Waals surface area contributed by atoms with E-state index >= 15 is 0 Å². The second kappa shape index (κ2) is 7.25. The molecule has 1 saturated heterocycles. The van der Waals surface area contributed by atoms with Crippen LogP contribution < -0.4 is 14.8 Å². The topological polar surface area (TPSA) is 33.7 Å². The average molecular weight is 409 g/mol. The molecule has 4 nitrogen and oxygen atoms in total. The van der Waals surface area contributed by atoms with E-state index in [2.05, 4.69) is 19.7 Å². The Balaban J connectivity index is 0.00000182. The first-order valence-corrected chi connectivity index (χ1v) is 8.81. The second-order valence-electron chi connectivity index (χ2n) is 5.70. The number of thiophene rings is 1. The zero-order chi connectivity index (χ0) is 16.7. The quantitative estimate of drug-likeness (QED) is 0.827. The third-order valence-electron chi connectivity index (χ3n) is 4.12. The fourth-order valence-corrected chi connectivity index (χ4v) is 4.33. The Morgan fingerprint density at radius 1 is 1.12 bits per heavy atom. The lowest BCUT2D eigenvalue weighted by molar-refractivity contribution is -0.286. The number of piperazine rings is 1. The number of benzene rings is 1. The molecule has 9 heteroatoms. The van der Waals surface area contributed by atoms with Crippen LogP contribution in [0, 0.1) is 0 Å².